The summed E-state index contributed by atoms with van der Waals surface area (Å²) in [7, 11) is 0. The summed E-state index contributed by atoms with van der Waals surface area (Å²) >= 11 is 0. The van der Waals surface area contributed by atoms with E-state index in [1.165, 1.54) is 0 Å². The van der Waals surface area contributed by atoms with Crippen LogP contribution in [0.5, 0.6) is 0 Å². The number of aromatic nitrogens is 2. The number of nitrogens with zero attached hydrogens (tertiary/aromatic N) is 3. The van der Waals surface area contributed by atoms with Gasteiger partial charge in [-0.05, 0) is 0 Å². The zero-order valence-electron chi connectivity index (χ0n) is 7.14. The van der Waals surface area contributed by atoms with Gasteiger partial charge in [0.05, 0.1) is 12.5 Å². The Morgan fingerprint density at radius 2 is 2.62 bits per heavy atom. The molecule has 1 aliphatic rings. The van der Waals surface area contributed by atoms with E-state index in [1.807, 2.05) is 10.6 Å². The maximum Gasteiger partial charge on any atom is 0.172 e. The molecular formula is C8H11N5. The summed E-state index contributed by atoms with van der Waals surface area (Å²) in [6, 6.07) is 0. The molecule has 13 heavy (non-hydrogen) atoms. The van der Waals surface area contributed by atoms with Crippen molar-refractivity contribution in [3.63, 3.8) is 0 Å². The highest BCUT2D eigenvalue weighted by Gasteiger charge is 2.14. The Kier molecular flexibility index (Phi) is 1.86. The minimum Gasteiger partial charge on any atom is -0.335 e. The number of rotatable bonds is 2. The first kappa shape index (κ1) is 8.00. The number of aliphatic imine (C=N–C) groups is 1. The van der Waals surface area contributed by atoms with Gasteiger partial charge in [0.1, 0.15) is 5.69 Å². The second-order valence-corrected chi connectivity index (χ2v) is 2.79. The largest absolute Gasteiger partial charge is 0.335 e. The SMILES string of the molecule is C=CCn1cnc2c1C=NC(N)N2. The van der Waals surface area contributed by atoms with E-state index in [0.717, 1.165) is 18.1 Å². The van der Waals surface area contributed by atoms with Crippen molar-refractivity contribution < 1.29 is 0 Å². The topological polar surface area (TPSA) is 68.2 Å². The van der Waals surface area contributed by atoms with E-state index in [4.69, 9.17) is 5.73 Å². The average molecular weight is 177 g/mol. The summed E-state index contributed by atoms with van der Waals surface area (Å²) in [4.78, 5) is 8.19. The number of nitrogens with two attached hydrogens (primary N) is 1. The minimum atomic E-state index is -0.375. The van der Waals surface area contributed by atoms with Gasteiger partial charge in [0.2, 0.25) is 0 Å². The van der Waals surface area contributed by atoms with E-state index in [-0.39, 0.29) is 6.29 Å². The van der Waals surface area contributed by atoms with E-state index >= 15 is 0 Å². The Labute approximate surface area is 76.0 Å². The van der Waals surface area contributed by atoms with Crippen LogP contribution >= 0.6 is 0 Å². The fraction of sp³-hybridized carbons (Fsp3) is 0.250. The zero-order valence-corrected chi connectivity index (χ0v) is 7.14. The highest BCUT2D eigenvalue weighted by atomic mass is 15.3. The van der Waals surface area contributed by atoms with E-state index in [2.05, 4.69) is 21.9 Å². The zero-order chi connectivity index (χ0) is 9.26. The van der Waals surface area contributed by atoms with Crippen LogP contribution < -0.4 is 11.1 Å². The Hall–Kier alpha value is -1.62. The van der Waals surface area contributed by atoms with Crippen molar-refractivity contribution >= 4 is 12.0 Å². The van der Waals surface area contributed by atoms with Gasteiger partial charge in [-0.15, -0.1) is 6.58 Å². The normalized spacial score (nSPS) is 19.3. The molecule has 0 saturated heterocycles. The van der Waals surface area contributed by atoms with Gasteiger partial charge in [-0.1, -0.05) is 6.08 Å². The molecule has 1 atom stereocenters. The van der Waals surface area contributed by atoms with Crippen LogP contribution in [-0.2, 0) is 6.54 Å². The summed E-state index contributed by atoms with van der Waals surface area (Å²) in [5.41, 5.74) is 6.50. The molecule has 1 aromatic rings. The van der Waals surface area contributed by atoms with Gasteiger partial charge in [-0.3, -0.25) is 10.7 Å². The molecule has 0 fully saturated rings. The van der Waals surface area contributed by atoms with Crippen LogP contribution in [0.25, 0.3) is 0 Å². The molecule has 5 heteroatoms. The van der Waals surface area contributed by atoms with Crippen molar-refractivity contribution in [1.29, 1.82) is 0 Å². The van der Waals surface area contributed by atoms with Crippen LogP contribution in [0, 0.1) is 0 Å². The predicted molar refractivity (Wildman–Crippen MR) is 51.6 cm³/mol. The standard InChI is InChI=1S/C8H11N5/c1-2-3-13-5-11-7-6(13)4-10-8(9)12-7/h2,4-5,8,12H,1,3,9H2. The maximum atomic E-state index is 5.55. The number of anilines is 1. The van der Waals surface area contributed by atoms with E-state index in [1.54, 1.807) is 12.5 Å². The number of hydrogen-bond acceptors (Lipinski definition) is 4. The van der Waals surface area contributed by atoms with Crippen molar-refractivity contribution in [2.75, 3.05) is 5.32 Å². The Morgan fingerprint density at radius 3 is 3.38 bits per heavy atom. The number of hydrogen-bond donors (Lipinski definition) is 2. The Morgan fingerprint density at radius 1 is 1.77 bits per heavy atom. The molecule has 0 bridgehead atoms. The lowest BCUT2D eigenvalue weighted by molar-refractivity contribution is 0.782. The third kappa shape index (κ3) is 1.33. The lowest BCUT2D eigenvalue weighted by Gasteiger charge is -2.14. The Bertz CT molecular complexity index is 351. The fourth-order valence-corrected chi connectivity index (χ4v) is 1.25. The molecule has 2 rings (SSSR count). The van der Waals surface area contributed by atoms with Crippen molar-refractivity contribution in [3.8, 4) is 0 Å². The number of imidazole rings is 1. The summed E-state index contributed by atoms with van der Waals surface area (Å²) in [6.07, 6.45) is 4.90. The summed E-state index contributed by atoms with van der Waals surface area (Å²) < 4.78 is 1.95. The summed E-state index contributed by atoms with van der Waals surface area (Å²) in [5, 5.41) is 2.95. The fourth-order valence-electron chi connectivity index (χ4n) is 1.25. The van der Waals surface area contributed by atoms with Crippen LogP contribution in [0.3, 0.4) is 0 Å². The van der Waals surface area contributed by atoms with E-state index in [9.17, 15) is 0 Å². The van der Waals surface area contributed by atoms with Gasteiger partial charge in [0.15, 0.2) is 12.1 Å². The summed E-state index contributed by atoms with van der Waals surface area (Å²) in [6.45, 7) is 4.39. The van der Waals surface area contributed by atoms with Crippen molar-refractivity contribution in [1.82, 2.24) is 9.55 Å². The number of nitrogens with one attached hydrogen (secondary N) is 1. The van der Waals surface area contributed by atoms with Gasteiger partial charge in [0.25, 0.3) is 0 Å². The Balaban J connectivity index is 2.36. The lowest BCUT2D eigenvalue weighted by atomic mass is 10.4. The number of allylic oxidation sites excluding steroid dienone is 1. The van der Waals surface area contributed by atoms with E-state index in [0.29, 0.717) is 0 Å². The van der Waals surface area contributed by atoms with Crippen molar-refractivity contribution in [2.24, 2.45) is 10.7 Å². The van der Waals surface area contributed by atoms with Gasteiger partial charge >= 0.3 is 0 Å². The van der Waals surface area contributed by atoms with Crippen molar-refractivity contribution in [2.45, 2.75) is 12.8 Å². The van der Waals surface area contributed by atoms with Crippen molar-refractivity contribution in [3.05, 3.63) is 24.7 Å². The molecule has 1 unspecified atom stereocenters. The third-order valence-electron chi connectivity index (χ3n) is 1.85. The smallest absolute Gasteiger partial charge is 0.172 e. The second-order valence-electron chi connectivity index (χ2n) is 2.79. The van der Waals surface area contributed by atoms with Gasteiger partial charge < -0.3 is 9.88 Å². The monoisotopic (exact) mass is 177 g/mol. The molecule has 0 aromatic carbocycles. The second kappa shape index (κ2) is 3.02. The van der Waals surface area contributed by atoms with Crippen LogP contribution in [-0.4, -0.2) is 22.1 Å². The maximum absolute atomic E-state index is 5.55. The molecule has 2 heterocycles. The quantitative estimate of drug-likeness (QED) is 0.632. The molecule has 0 aliphatic carbocycles. The number of fused-ring (bicyclic) bond motifs is 1. The van der Waals surface area contributed by atoms with Crippen LogP contribution in [0.4, 0.5) is 5.82 Å². The van der Waals surface area contributed by atoms with E-state index < -0.39 is 0 Å². The molecule has 3 N–H and O–H groups in total. The van der Waals surface area contributed by atoms with Gasteiger partial charge in [-0.25, -0.2) is 4.98 Å². The van der Waals surface area contributed by atoms with Crippen LogP contribution in [0.2, 0.25) is 0 Å². The van der Waals surface area contributed by atoms with Crippen LogP contribution in [0.1, 0.15) is 5.69 Å². The highest BCUT2D eigenvalue weighted by molar-refractivity contribution is 5.86. The first-order valence-electron chi connectivity index (χ1n) is 4.02. The first-order chi connectivity index (χ1) is 6.31. The lowest BCUT2D eigenvalue weighted by Crippen LogP contribution is -2.30. The first-order valence-corrected chi connectivity index (χ1v) is 4.02. The predicted octanol–water partition coefficient (Wildman–Crippen LogP) is 0.156. The van der Waals surface area contributed by atoms with Gasteiger partial charge in [-0.2, -0.15) is 0 Å². The minimum absolute atomic E-state index is 0.375. The molecule has 1 aliphatic heterocycles. The average Bonchev–Trinajstić information content (AvgIpc) is 2.49. The van der Waals surface area contributed by atoms with Gasteiger partial charge in [0, 0.05) is 6.54 Å². The molecule has 0 radical (unpaired) electrons. The molecular weight excluding hydrogens is 166 g/mol. The molecule has 0 spiro atoms. The highest BCUT2D eigenvalue weighted by Crippen LogP contribution is 2.15. The molecule has 5 nitrogen and oxygen atoms in total. The summed E-state index contributed by atoms with van der Waals surface area (Å²) in [5.74, 6) is 0.782. The third-order valence-corrected chi connectivity index (χ3v) is 1.85. The van der Waals surface area contributed by atoms with Crippen LogP contribution in [0.15, 0.2) is 24.0 Å². The molecule has 0 saturated carbocycles. The molecule has 1 aromatic heterocycles. The molecule has 68 valence electrons. The molecule has 0 amide bonds.